The Balaban J connectivity index is 2.79. The number of hydrogen-bond donors (Lipinski definition) is 0. The highest BCUT2D eigenvalue weighted by atomic mass is 16.1. The fourth-order valence-corrected chi connectivity index (χ4v) is 3.41. The van der Waals surface area contributed by atoms with E-state index in [2.05, 4.69) is 33.8 Å². The maximum absolute atomic E-state index is 11.6. The molecule has 0 radical (unpaired) electrons. The molecule has 1 aliphatic rings. The lowest BCUT2D eigenvalue weighted by atomic mass is 9.63. The van der Waals surface area contributed by atoms with Crippen molar-refractivity contribution in [1.82, 2.24) is 0 Å². The highest BCUT2D eigenvalue weighted by Gasteiger charge is 2.36. The van der Waals surface area contributed by atoms with Crippen LogP contribution in [0.15, 0.2) is 11.6 Å². The summed E-state index contributed by atoms with van der Waals surface area (Å²) in [7, 11) is 0. The highest BCUT2D eigenvalue weighted by molar-refractivity contribution is 5.78. The summed E-state index contributed by atoms with van der Waals surface area (Å²) in [6.45, 7) is 11.1. The van der Waals surface area contributed by atoms with Crippen molar-refractivity contribution in [2.45, 2.75) is 60.3 Å². The van der Waals surface area contributed by atoms with Gasteiger partial charge in [0, 0.05) is 12.8 Å². The van der Waals surface area contributed by atoms with E-state index in [1.807, 2.05) is 6.92 Å². The number of carbonyl (C=O) groups excluding carboxylic acids is 1. The fraction of sp³-hybridized carbons (Fsp3) is 0.800. The summed E-state index contributed by atoms with van der Waals surface area (Å²) in [6, 6.07) is 0. The Morgan fingerprint density at radius 1 is 1.56 bits per heavy atom. The van der Waals surface area contributed by atoms with Crippen molar-refractivity contribution in [1.29, 1.82) is 0 Å². The molecule has 1 rings (SSSR count). The van der Waals surface area contributed by atoms with E-state index >= 15 is 0 Å². The van der Waals surface area contributed by atoms with Crippen LogP contribution in [-0.2, 0) is 4.79 Å². The number of rotatable bonds is 4. The Morgan fingerprint density at radius 3 is 2.69 bits per heavy atom. The molecule has 0 amide bonds. The summed E-state index contributed by atoms with van der Waals surface area (Å²) in [5, 5.41) is 0. The van der Waals surface area contributed by atoms with Gasteiger partial charge in [-0.05, 0) is 37.0 Å². The summed E-state index contributed by atoms with van der Waals surface area (Å²) < 4.78 is 0. The lowest BCUT2D eigenvalue weighted by Gasteiger charge is -2.42. The van der Waals surface area contributed by atoms with E-state index < -0.39 is 0 Å². The van der Waals surface area contributed by atoms with Crippen LogP contribution >= 0.6 is 0 Å². The van der Waals surface area contributed by atoms with E-state index in [4.69, 9.17) is 0 Å². The summed E-state index contributed by atoms with van der Waals surface area (Å²) in [5.74, 6) is 1.47. The van der Waals surface area contributed by atoms with Crippen LogP contribution in [0, 0.1) is 17.3 Å². The monoisotopic (exact) mass is 222 g/mol. The van der Waals surface area contributed by atoms with Gasteiger partial charge in [-0.1, -0.05) is 39.3 Å². The standard InChI is InChI=1S/C15H26O/c1-6-13(16)10-12(3)14-11(2)8-7-9-15(14,4)5/h8,12,14H,6-7,9-10H2,1-5H3. The van der Waals surface area contributed by atoms with E-state index in [9.17, 15) is 4.79 Å². The first-order chi connectivity index (χ1) is 7.38. The third-order valence-corrected chi connectivity index (χ3v) is 4.10. The van der Waals surface area contributed by atoms with Crippen molar-refractivity contribution in [3.8, 4) is 0 Å². The van der Waals surface area contributed by atoms with E-state index in [0.29, 0.717) is 29.5 Å². The van der Waals surface area contributed by atoms with Crippen LogP contribution in [0.25, 0.3) is 0 Å². The first-order valence-corrected chi connectivity index (χ1v) is 6.57. The van der Waals surface area contributed by atoms with Crippen LogP contribution in [0.3, 0.4) is 0 Å². The molecule has 0 N–H and O–H groups in total. The van der Waals surface area contributed by atoms with Crippen molar-refractivity contribution in [3.63, 3.8) is 0 Å². The van der Waals surface area contributed by atoms with Gasteiger partial charge in [0.25, 0.3) is 0 Å². The molecule has 0 heterocycles. The van der Waals surface area contributed by atoms with Crippen LogP contribution < -0.4 is 0 Å². The first-order valence-electron chi connectivity index (χ1n) is 6.57. The number of Topliss-reactive ketones (excluding diaryl/α,β-unsaturated/α-hetero) is 1. The maximum atomic E-state index is 11.6. The molecule has 2 unspecified atom stereocenters. The van der Waals surface area contributed by atoms with E-state index in [0.717, 1.165) is 6.42 Å². The van der Waals surface area contributed by atoms with E-state index in [1.165, 1.54) is 18.4 Å². The normalized spacial score (nSPS) is 26.1. The molecule has 92 valence electrons. The van der Waals surface area contributed by atoms with Gasteiger partial charge in [0.05, 0.1) is 0 Å². The second-order valence-electron chi connectivity index (χ2n) is 6.03. The van der Waals surface area contributed by atoms with E-state index in [-0.39, 0.29) is 0 Å². The Labute approximate surface area is 100 Å². The van der Waals surface area contributed by atoms with Crippen LogP contribution in [-0.4, -0.2) is 5.78 Å². The molecular weight excluding hydrogens is 196 g/mol. The molecule has 2 atom stereocenters. The molecule has 1 aliphatic carbocycles. The lowest BCUT2D eigenvalue weighted by Crippen LogP contribution is -2.33. The van der Waals surface area contributed by atoms with Crippen LogP contribution in [0.2, 0.25) is 0 Å². The molecule has 0 aromatic carbocycles. The van der Waals surface area contributed by atoms with Crippen LogP contribution in [0.5, 0.6) is 0 Å². The SMILES string of the molecule is CCC(=O)CC(C)C1C(C)=CCCC1(C)C. The van der Waals surface area contributed by atoms with Gasteiger partial charge < -0.3 is 0 Å². The minimum atomic E-state index is 0.353. The molecule has 16 heavy (non-hydrogen) atoms. The Hall–Kier alpha value is -0.590. The molecule has 1 heteroatoms. The van der Waals surface area contributed by atoms with Gasteiger partial charge in [0.15, 0.2) is 0 Å². The summed E-state index contributed by atoms with van der Waals surface area (Å²) >= 11 is 0. The second kappa shape index (κ2) is 5.16. The first kappa shape index (κ1) is 13.5. The van der Waals surface area contributed by atoms with Crippen molar-refractivity contribution in [3.05, 3.63) is 11.6 Å². The van der Waals surface area contributed by atoms with Gasteiger partial charge in [0.2, 0.25) is 0 Å². The largest absolute Gasteiger partial charge is 0.300 e. The third kappa shape index (κ3) is 2.96. The quantitative estimate of drug-likeness (QED) is 0.645. The topological polar surface area (TPSA) is 17.1 Å². The second-order valence-corrected chi connectivity index (χ2v) is 6.03. The number of hydrogen-bond acceptors (Lipinski definition) is 1. The molecule has 1 nitrogen and oxygen atoms in total. The van der Waals surface area contributed by atoms with Crippen LogP contribution in [0.4, 0.5) is 0 Å². The fourth-order valence-electron chi connectivity index (χ4n) is 3.41. The lowest BCUT2D eigenvalue weighted by molar-refractivity contribution is -0.120. The molecule has 0 fully saturated rings. The van der Waals surface area contributed by atoms with Crippen molar-refractivity contribution in [2.75, 3.05) is 0 Å². The predicted molar refractivity (Wildman–Crippen MR) is 69.3 cm³/mol. The average molecular weight is 222 g/mol. The zero-order chi connectivity index (χ0) is 12.3. The Morgan fingerprint density at radius 2 is 2.19 bits per heavy atom. The summed E-state index contributed by atoms with van der Waals surface area (Å²) in [6.07, 6.45) is 6.24. The zero-order valence-electron chi connectivity index (χ0n) is 11.5. The molecule has 0 aromatic heterocycles. The van der Waals surface area contributed by atoms with Gasteiger partial charge in [0.1, 0.15) is 5.78 Å². The highest BCUT2D eigenvalue weighted by Crippen LogP contribution is 2.45. The number of ketones is 1. The van der Waals surface area contributed by atoms with Crippen molar-refractivity contribution < 1.29 is 4.79 Å². The third-order valence-electron chi connectivity index (χ3n) is 4.10. The van der Waals surface area contributed by atoms with Gasteiger partial charge in [-0.15, -0.1) is 0 Å². The van der Waals surface area contributed by atoms with Gasteiger partial charge in [-0.3, -0.25) is 4.79 Å². The van der Waals surface area contributed by atoms with Crippen molar-refractivity contribution in [2.24, 2.45) is 17.3 Å². The molecular formula is C15H26O. The van der Waals surface area contributed by atoms with Gasteiger partial charge >= 0.3 is 0 Å². The maximum Gasteiger partial charge on any atom is 0.132 e. The minimum absolute atomic E-state index is 0.353. The molecule has 0 saturated carbocycles. The number of allylic oxidation sites excluding steroid dienone is 2. The number of carbonyl (C=O) groups is 1. The van der Waals surface area contributed by atoms with Gasteiger partial charge in [-0.2, -0.15) is 0 Å². The molecule has 0 bridgehead atoms. The summed E-state index contributed by atoms with van der Waals surface area (Å²) in [4.78, 5) is 11.6. The smallest absolute Gasteiger partial charge is 0.132 e. The molecule has 0 aliphatic heterocycles. The Bertz CT molecular complexity index is 286. The van der Waals surface area contributed by atoms with E-state index in [1.54, 1.807) is 0 Å². The molecule has 0 aromatic rings. The van der Waals surface area contributed by atoms with Crippen molar-refractivity contribution >= 4 is 5.78 Å². The average Bonchev–Trinajstić information content (AvgIpc) is 2.15. The molecule has 0 spiro atoms. The summed E-state index contributed by atoms with van der Waals surface area (Å²) in [5.41, 5.74) is 1.85. The van der Waals surface area contributed by atoms with Gasteiger partial charge in [-0.25, -0.2) is 0 Å². The predicted octanol–water partition coefficient (Wildman–Crippen LogP) is 4.37. The zero-order valence-corrected chi connectivity index (χ0v) is 11.5. The molecule has 0 saturated heterocycles. The minimum Gasteiger partial charge on any atom is -0.300 e. The Kier molecular flexibility index (Phi) is 4.35. The van der Waals surface area contributed by atoms with Crippen LogP contribution in [0.1, 0.15) is 60.3 Å².